The van der Waals surface area contributed by atoms with E-state index in [1.807, 2.05) is 23.5 Å². The van der Waals surface area contributed by atoms with Gasteiger partial charge in [-0.15, -0.1) is 11.3 Å². The fourth-order valence-corrected chi connectivity index (χ4v) is 7.90. The van der Waals surface area contributed by atoms with Crippen LogP contribution in [-0.4, -0.2) is 9.38 Å². The van der Waals surface area contributed by atoms with E-state index in [1.54, 1.807) is 0 Å². The zero-order valence-electron chi connectivity index (χ0n) is 22.9. The number of furan rings is 1. The predicted molar refractivity (Wildman–Crippen MR) is 181 cm³/mol. The van der Waals surface area contributed by atoms with Crippen molar-refractivity contribution in [2.75, 3.05) is 0 Å². The Hall–Kier alpha value is -5.45. The van der Waals surface area contributed by atoms with Crippen molar-refractivity contribution in [3.05, 3.63) is 133 Å². The van der Waals surface area contributed by atoms with Gasteiger partial charge >= 0.3 is 0 Å². The number of aromatic nitrogens is 2. The summed E-state index contributed by atoms with van der Waals surface area (Å²) in [6.45, 7) is 0. The molecule has 0 radical (unpaired) electrons. The van der Waals surface area contributed by atoms with E-state index in [0.29, 0.717) is 0 Å². The van der Waals surface area contributed by atoms with Gasteiger partial charge in [0.05, 0.1) is 21.4 Å². The van der Waals surface area contributed by atoms with Crippen LogP contribution in [0.25, 0.3) is 91.9 Å². The summed E-state index contributed by atoms with van der Waals surface area (Å²) in [5.74, 6) is 0. The number of benzene rings is 6. The molecular weight excluding hydrogens is 545 g/mol. The molecule has 0 N–H and O–H groups in total. The molecule has 0 unspecified atom stereocenters. The maximum absolute atomic E-state index is 6.35. The van der Waals surface area contributed by atoms with Gasteiger partial charge in [-0.25, -0.2) is 4.98 Å². The van der Waals surface area contributed by atoms with Crippen LogP contribution in [0, 0.1) is 0 Å². The number of hydrogen-bond acceptors (Lipinski definition) is 3. The molecule has 4 heteroatoms. The molecule has 0 aliphatic heterocycles. The second-order valence-electron chi connectivity index (χ2n) is 11.2. The molecule has 4 heterocycles. The maximum Gasteiger partial charge on any atom is 0.156 e. The summed E-state index contributed by atoms with van der Waals surface area (Å²) in [7, 11) is 0. The predicted octanol–water partition coefficient (Wildman–Crippen LogP) is 11.2. The minimum atomic E-state index is 0.916. The van der Waals surface area contributed by atoms with Crippen LogP contribution in [0.1, 0.15) is 0 Å². The van der Waals surface area contributed by atoms with Crippen LogP contribution in [0.4, 0.5) is 0 Å². The molecule has 4 aromatic heterocycles. The van der Waals surface area contributed by atoms with E-state index in [2.05, 4.69) is 126 Å². The minimum Gasteiger partial charge on any atom is -0.455 e. The van der Waals surface area contributed by atoms with E-state index in [4.69, 9.17) is 9.40 Å². The Bertz CT molecular complexity index is 2720. The molecule has 200 valence electrons. The van der Waals surface area contributed by atoms with Crippen LogP contribution in [0.2, 0.25) is 0 Å². The normalized spacial score (nSPS) is 12.2. The average molecular weight is 567 g/mol. The Kier molecular flexibility index (Phi) is 4.60. The molecule has 0 amide bonds. The topological polar surface area (TPSA) is 30.4 Å². The smallest absolute Gasteiger partial charge is 0.156 e. The minimum absolute atomic E-state index is 0.916. The lowest BCUT2D eigenvalue weighted by Crippen LogP contribution is -1.93. The molecule has 0 bridgehead atoms. The molecule has 0 aliphatic rings. The Morgan fingerprint density at radius 1 is 0.581 bits per heavy atom. The van der Waals surface area contributed by atoms with Crippen LogP contribution in [0.5, 0.6) is 0 Å². The number of nitrogens with zero attached hydrogens (tertiary/aromatic N) is 2. The summed E-state index contributed by atoms with van der Waals surface area (Å²) in [6, 6.07) is 47.6. The van der Waals surface area contributed by atoms with E-state index in [1.165, 1.54) is 30.9 Å². The molecule has 0 spiro atoms. The van der Waals surface area contributed by atoms with Gasteiger partial charge in [-0.1, -0.05) is 103 Å². The van der Waals surface area contributed by atoms with Crippen molar-refractivity contribution in [1.29, 1.82) is 0 Å². The highest BCUT2D eigenvalue weighted by atomic mass is 32.1. The van der Waals surface area contributed by atoms with Gasteiger partial charge in [0.15, 0.2) is 5.65 Å². The molecule has 0 saturated carbocycles. The molecule has 0 atom stereocenters. The number of pyridine rings is 1. The summed E-state index contributed by atoms with van der Waals surface area (Å²) in [4.78, 5) is 5.26. The van der Waals surface area contributed by atoms with Gasteiger partial charge in [-0.2, -0.15) is 0 Å². The number of fused-ring (bicyclic) bond motifs is 11. The van der Waals surface area contributed by atoms with Crippen molar-refractivity contribution in [3.8, 4) is 22.4 Å². The quantitative estimate of drug-likeness (QED) is 0.208. The molecule has 6 aromatic carbocycles. The third-order valence-electron chi connectivity index (χ3n) is 8.78. The van der Waals surface area contributed by atoms with Crippen molar-refractivity contribution in [2.45, 2.75) is 0 Å². The summed E-state index contributed by atoms with van der Waals surface area (Å²) in [5, 5.41) is 7.24. The summed E-state index contributed by atoms with van der Waals surface area (Å²) >= 11 is 1.82. The molecule has 10 aromatic rings. The third kappa shape index (κ3) is 3.27. The van der Waals surface area contributed by atoms with Crippen molar-refractivity contribution in [3.63, 3.8) is 0 Å². The lowest BCUT2D eigenvalue weighted by Gasteiger charge is -2.10. The molecule has 0 aliphatic carbocycles. The first-order valence-corrected chi connectivity index (χ1v) is 15.3. The summed E-state index contributed by atoms with van der Waals surface area (Å²) < 4.78 is 11.2. The first-order chi connectivity index (χ1) is 21.3. The van der Waals surface area contributed by atoms with Crippen molar-refractivity contribution >= 4 is 80.9 Å². The number of thiophene rings is 1. The fraction of sp³-hybridized carbons (Fsp3) is 0. The maximum atomic E-state index is 6.35. The van der Waals surface area contributed by atoms with Gasteiger partial charge in [-0.3, -0.25) is 4.40 Å². The van der Waals surface area contributed by atoms with Crippen LogP contribution in [-0.2, 0) is 0 Å². The Balaban J connectivity index is 1.24. The lowest BCUT2D eigenvalue weighted by atomic mass is 9.99. The first-order valence-electron chi connectivity index (χ1n) is 14.5. The van der Waals surface area contributed by atoms with Crippen molar-refractivity contribution in [2.24, 2.45) is 0 Å². The van der Waals surface area contributed by atoms with Crippen LogP contribution < -0.4 is 0 Å². The fourth-order valence-electron chi connectivity index (χ4n) is 6.74. The average Bonchev–Trinajstić information content (AvgIpc) is 3.74. The van der Waals surface area contributed by atoms with E-state index >= 15 is 0 Å². The molecule has 43 heavy (non-hydrogen) atoms. The number of hydrogen-bond donors (Lipinski definition) is 0. The number of rotatable bonds is 2. The highest BCUT2D eigenvalue weighted by molar-refractivity contribution is 7.26. The Morgan fingerprint density at radius 3 is 2.19 bits per heavy atom. The van der Waals surface area contributed by atoms with Gasteiger partial charge in [0.2, 0.25) is 0 Å². The number of imidazole rings is 1. The van der Waals surface area contributed by atoms with Gasteiger partial charge in [0.1, 0.15) is 11.2 Å². The largest absolute Gasteiger partial charge is 0.455 e. The van der Waals surface area contributed by atoms with E-state index in [9.17, 15) is 0 Å². The van der Waals surface area contributed by atoms with E-state index in [-0.39, 0.29) is 0 Å². The zero-order chi connectivity index (χ0) is 28.1. The summed E-state index contributed by atoms with van der Waals surface area (Å²) in [6.07, 6.45) is 0. The highest BCUT2D eigenvalue weighted by Crippen LogP contribution is 2.42. The molecule has 3 nitrogen and oxygen atoms in total. The van der Waals surface area contributed by atoms with E-state index in [0.717, 1.165) is 61.0 Å². The molecule has 10 rings (SSSR count). The monoisotopic (exact) mass is 566 g/mol. The highest BCUT2D eigenvalue weighted by Gasteiger charge is 2.19. The third-order valence-corrected chi connectivity index (χ3v) is 9.96. The molecule has 0 fully saturated rings. The van der Waals surface area contributed by atoms with Gasteiger partial charge in [0, 0.05) is 31.8 Å². The molecular formula is C39H22N2OS. The Labute approximate surface area is 249 Å². The first kappa shape index (κ1) is 23.1. The van der Waals surface area contributed by atoms with Crippen LogP contribution in [0.3, 0.4) is 0 Å². The standard InChI is InChI=1S/C39H22N2OS/c1-2-9-26-21-34-32(20-25(26)8-1)40-39-38-31(29-11-4-6-15-36(29)43-38)22-33(41(34)39)24-18-16-23(17-19-24)27-12-7-13-30-28-10-3-5-14-35(28)42-37(27)30/h1-22H. The Morgan fingerprint density at radius 2 is 1.30 bits per heavy atom. The second kappa shape index (κ2) is 8.54. The van der Waals surface area contributed by atoms with Gasteiger partial charge in [0.25, 0.3) is 0 Å². The zero-order valence-corrected chi connectivity index (χ0v) is 23.7. The number of para-hydroxylation sites is 2. The van der Waals surface area contributed by atoms with Gasteiger partial charge < -0.3 is 4.42 Å². The SMILES string of the molecule is c1ccc2cc3c(cc2c1)nc1c2sc4ccccc4c2cc(-c2ccc(-c4cccc5c4oc4ccccc45)cc2)n31. The van der Waals surface area contributed by atoms with Crippen LogP contribution in [0.15, 0.2) is 138 Å². The van der Waals surface area contributed by atoms with Crippen molar-refractivity contribution < 1.29 is 4.42 Å². The van der Waals surface area contributed by atoms with E-state index < -0.39 is 0 Å². The second-order valence-corrected chi connectivity index (χ2v) is 12.2. The lowest BCUT2D eigenvalue weighted by molar-refractivity contribution is 0.670. The van der Waals surface area contributed by atoms with Crippen LogP contribution >= 0.6 is 11.3 Å². The molecule has 0 saturated heterocycles. The summed E-state index contributed by atoms with van der Waals surface area (Å²) in [5.41, 5.74) is 9.51. The van der Waals surface area contributed by atoms with Crippen molar-refractivity contribution in [1.82, 2.24) is 9.38 Å². The van der Waals surface area contributed by atoms with Gasteiger partial charge in [-0.05, 0) is 52.2 Å².